The lowest BCUT2D eigenvalue weighted by Gasteiger charge is -2.36. The number of fused-ring (bicyclic) bond motifs is 1. The van der Waals surface area contributed by atoms with Crippen LogP contribution in [0.4, 0.5) is 4.39 Å². The SMILES string of the molecule is Cc1ccc(S(=O)(=O)n2cc(-c3cccc(F)c3)c3cc(-c4ccc(CN5CCCC(C)(O)C5)cc4)cnc32)cc1. The summed E-state index contributed by atoms with van der Waals surface area (Å²) in [5, 5.41) is 11.1. The van der Waals surface area contributed by atoms with E-state index in [4.69, 9.17) is 0 Å². The summed E-state index contributed by atoms with van der Waals surface area (Å²) < 4.78 is 42.8. The second-order valence-electron chi connectivity index (χ2n) is 11.3. The number of β-amino-alcohol motifs (C(OH)–C–C–N with tert-alkyl or cyclic N) is 1. The van der Waals surface area contributed by atoms with E-state index in [1.54, 1.807) is 42.6 Å². The zero-order valence-corrected chi connectivity index (χ0v) is 23.9. The van der Waals surface area contributed by atoms with Gasteiger partial charge in [0.15, 0.2) is 5.65 Å². The van der Waals surface area contributed by atoms with E-state index in [0.29, 0.717) is 23.1 Å². The molecule has 5 aromatic rings. The molecular formula is C33H32FN3O3S. The van der Waals surface area contributed by atoms with Crippen molar-refractivity contribution in [2.75, 3.05) is 13.1 Å². The number of halogens is 1. The molecule has 0 aliphatic carbocycles. The third kappa shape index (κ3) is 5.55. The van der Waals surface area contributed by atoms with E-state index in [-0.39, 0.29) is 10.5 Å². The number of likely N-dealkylation sites (tertiary alicyclic amines) is 1. The number of aliphatic hydroxyl groups is 1. The maximum absolute atomic E-state index is 14.2. The lowest BCUT2D eigenvalue weighted by Crippen LogP contribution is -2.45. The van der Waals surface area contributed by atoms with Gasteiger partial charge in [-0.25, -0.2) is 21.8 Å². The molecule has 1 atom stereocenters. The molecule has 1 unspecified atom stereocenters. The fourth-order valence-corrected chi connectivity index (χ4v) is 6.97. The average molecular weight is 570 g/mol. The summed E-state index contributed by atoms with van der Waals surface area (Å²) >= 11 is 0. The van der Waals surface area contributed by atoms with Crippen LogP contribution in [0, 0.1) is 12.7 Å². The van der Waals surface area contributed by atoms with Gasteiger partial charge in [-0.1, -0.05) is 54.1 Å². The molecule has 6 nitrogen and oxygen atoms in total. The van der Waals surface area contributed by atoms with Gasteiger partial charge in [-0.3, -0.25) is 4.90 Å². The Balaban J connectivity index is 1.39. The predicted octanol–water partition coefficient (Wildman–Crippen LogP) is 6.40. The number of aryl methyl sites for hydroxylation is 1. The van der Waals surface area contributed by atoms with E-state index in [0.717, 1.165) is 48.2 Å². The Morgan fingerprint density at radius 3 is 2.44 bits per heavy atom. The maximum atomic E-state index is 14.2. The molecule has 3 heterocycles. The molecule has 41 heavy (non-hydrogen) atoms. The van der Waals surface area contributed by atoms with Crippen LogP contribution in [0.1, 0.15) is 30.9 Å². The van der Waals surface area contributed by atoms with E-state index in [1.165, 1.54) is 22.3 Å². The molecule has 1 N–H and O–H groups in total. The Bertz CT molecular complexity index is 1830. The molecule has 0 radical (unpaired) electrons. The van der Waals surface area contributed by atoms with Crippen molar-refractivity contribution in [3.05, 3.63) is 108 Å². The van der Waals surface area contributed by atoms with Crippen molar-refractivity contribution < 1.29 is 17.9 Å². The van der Waals surface area contributed by atoms with Gasteiger partial charge in [0.25, 0.3) is 10.0 Å². The lowest BCUT2D eigenvalue weighted by atomic mass is 9.94. The van der Waals surface area contributed by atoms with Crippen LogP contribution in [-0.4, -0.2) is 46.1 Å². The molecular weight excluding hydrogens is 537 g/mol. The van der Waals surface area contributed by atoms with Crippen molar-refractivity contribution in [2.24, 2.45) is 0 Å². The summed E-state index contributed by atoms with van der Waals surface area (Å²) in [5.41, 5.74) is 4.65. The van der Waals surface area contributed by atoms with Crippen molar-refractivity contribution in [3.8, 4) is 22.3 Å². The van der Waals surface area contributed by atoms with E-state index in [9.17, 15) is 17.9 Å². The Morgan fingerprint density at radius 1 is 0.976 bits per heavy atom. The zero-order valence-electron chi connectivity index (χ0n) is 23.1. The lowest BCUT2D eigenvalue weighted by molar-refractivity contribution is -0.0181. The molecule has 0 saturated carbocycles. The van der Waals surface area contributed by atoms with Crippen molar-refractivity contribution in [2.45, 2.75) is 43.7 Å². The highest BCUT2D eigenvalue weighted by Crippen LogP contribution is 2.35. The van der Waals surface area contributed by atoms with Gasteiger partial charge in [0, 0.05) is 42.0 Å². The Hall–Kier alpha value is -3.85. The fourth-order valence-electron chi connectivity index (χ4n) is 5.65. The molecule has 2 aromatic heterocycles. The second kappa shape index (κ2) is 10.5. The summed E-state index contributed by atoms with van der Waals surface area (Å²) in [5.74, 6) is -0.403. The minimum atomic E-state index is -3.95. The maximum Gasteiger partial charge on any atom is 0.269 e. The molecule has 6 rings (SSSR count). The molecule has 1 saturated heterocycles. The first kappa shape index (κ1) is 27.3. The number of hydrogen-bond acceptors (Lipinski definition) is 5. The van der Waals surface area contributed by atoms with Gasteiger partial charge in [0.05, 0.1) is 10.5 Å². The van der Waals surface area contributed by atoms with E-state index >= 15 is 0 Å². The Kier molecular flexibility index (Phi) is 7.01. The zero-order chi connectivity index (χ0) is 28.8. The number of rotatable bonds is 6. The quantitative estimate of drug-likeness (QED) is 0.256. The van der Waals surface area contributed by atoms with E-state index in [2.05, 4.69) is 22.0 Å². The number of benzene rings is 3. The van der Waals surface area contributed by atoms with Crippen LogP contribution in [0.3, 0.4) is 0 Å². The molecule has 0 amide bonds. The van der Waals surface area contributed by atoms with Crippen LogP contribution in [0.5, 0.6) is 0 Å². The van der Waals surface area contributed by atoms with Gasteiger partial charge in [0.2, 0.25) is 0 Å². The van der Waals surface area contributed by atoms with Gasteiger partial charge in [-0.15, -0.1) is 0 Å². The molecule has 0 bridgehead atoms. The highest BCUT2D eigenvalue weighted by atomic mass is 32.2. The molecule has 1 fully saturated rings. The van der Waals surface area contributed by atoms with Crippen molar-refractivity contribution in [1.29, 1.82) is 0 Å². The van der Waals surface area contributed by atoms with Crippen LogP contribution in [0.25, 0.3) is 33.3 Å². The normalized spacial score (nSPS) is 18.1. The molecule has 1 aliphatic rings. The largest absolute Gasteiger partial charge is 0.389 e. The summed E-state index contributed by atoms with van der Waals surface area (Å²) in [6, 6.07) is 22.9. The van der Waals surface area contributed by atoms with Crippen molar-refractivity contribution in [3.63, 3.8) is 0 Å². The number of nitrogens with zero attached hydrogens (tertiary/aromatic N) is 3. The summed E-state index contributed by atoms with van der Waals surface area (Å²) in [7, 11) is -3.95. The molecule has 0 spiro atoms. The highest BCUT2D eigenvalue weighted by molar-refractivity contribution is 7.90. The molecule has 8 heteroatoms. The standard InChI is InChI=1S/C33H32FN3O3S/c1-23-7-13-29(14-8-23)41(39,40)37-21-31(26-5-3-6-28(34)17-26)30-18-27(19-35-32(30)37)25-11-9-24(10-12-25)20-36-16-4-15-33(2,38)22-36/h3,5-14,17-19,21,38H,4,15-16,20,22H2,1-2H3. The number of hydrogen-bond donors (Lipinski definition) is 1. The number of aromatic nitrogens is 2. The van der Waals surface area contributed by atoms with Gasteiger partial charge in [0.1, 0.15) is 5.82 Å². The smallest absolute Gasteiger partial charge is 0.269 e. The summed E-state index contributed by atoms with van der Waals surface area (Å²) in [6.45, 7) is 6.17. The van der Waals surface area contributed by atoms with Crippen LogP contribution in [0.15, 0.2) is 96.2 Å². The van der Waals surface area contributed by atoms with Crippen molar-refractivity contribution >= 4 is 21.1 Å². The minimum absolute atomic E-state index is 0.155. The van der Waals surface area contributed by atoms with Gasteiger partial charge in [-0.2, -0.15) is 0 Å². The van der Waals surface area contributed by atoms with Crippen LogP contribution >= 0.6 is 0 Å². The first-order chi connectivity index (χ1) is 19.6. The summed E-state index contributed by atoms with van der Waals surface area (Å²) in [4.78, 5) is 7.05. The third-order valence-corrected chi connectivity index (χ3v) is 9.44. The van der Waals surface area contributed by atoms with Gasteiger partial charge >= 0.3 is 0 Å². The average Bonchev–Trinajstić information content (AvgIpc) is 3.33. The monoisotopic (exact) mass is 569 g/mol. The van der Waals surface area contributed by atoms with Gasteiger partial charge in [-0.05, 0) is 80.3 Å². The number of pyridine rings is 1. The fraction of sp³-hybridized carbons (Fsp3) is 0.242. The third-order valence-electron chi connectivity index (χ3n) is 7.77. The molecule has 3 aromatic carbocycles. The van der Waals surface area contributed by atoms with Crippen LogP contribution in [0.2, 0.25) is 0 Å². The predicted molar refractivity (Wildman–Crippen MR) is 159 cm³/mol. The topological polar surface area (TPSA) is 75.4 Å². The van der Waals surface area contributed by atoms with Crippen molar-refractivity contribution in [1.82, 2.24) is 13.9 Å². The molecule has 1 aliphatic heterocycles. The first-order valence-corrected chi connectivity index (χ1v) is 15.2. The number of piperidine rings is 1. The minimum Gasteiger partial charge on any atom is -0.389 e. The summed E-state index contributed by atoms with van der Waals surface area (Å²) in [6.07, 6.45) is 5.00. The Labute approximate surface area is 239 Å². The van der Waals surface area contributed by atoms with Crippen LogP contribution < -0.4 is 0 Å². The Morgan fingerprint density at radius 2 is 1.73 bits per heavy atom. The molecule has 210 valence electrons. The second-order valence-corrected chi connectivity index (χ2v) is 13.1. The van der Waals surface area contributed by atoms with E-state index < -0.39 is 21.4 Å². The highest BCUT2D eigenvalue weighted by Gasteiger charge is 2.28. The first-order valence-electron chi connectivity index (χ1n) is 13.7. The van der Waals surface area contributed by atoms with Crippen LogP contribution in [-0.2, 0) is 16.6 Å². The van der Waals surface area contributed by atoms with E-state index in [1.807, 2.05) is 32.0 Å². The van der Waals surface area contributed by atoms with Gasteiger partial charge < -0.3 is 5.11 Å².